The van der Waals surface area contributed by atoms with Crippen LogP contribution in [0.1, 0.15) is 39.3 Å². The molecule has 13 nitrogen and oxygen atoms in total. The van der Waals surface area contributed by atoms with E-state index in [2.05, 4.69) is 25.8 Å². The number of hydrogen-bond acceptors (Lipinski definition) is 9. The highest BCUT2D eigenvalue weighted by Crippen LogP contribution is 2.40. The van der Waals surface area contributed by atoms with Crippen LogP contribution >= 0.6 is 23.2 Å². The molecule has 15 heteroatoms. The van der Waals surface area contributed by atoms with Gasteiger partial charge in [-0.05, 0) is 69.4 Å². The lowest BCUT2D eigenvalue weighted by molar-refractivity contribution is -0.114. The van der Waals surface area contributed by atoms with Crippen molar-refractivity contribution in [1.82, 2.24) is 24.7 Å². The van der Waals surface area contributed by atoms with Crippen LogP contribution in [0.4, 0.5) is 26.9 Å². The number of ether oxygens (including phenoxy) is 2. The maximum Gasteiger partial charge on any atom is 0.431 e. The molecule has 0 saturated carbocycles. The van der Waals surface area contributed by atoms with Crippen LogP contribution in [0.3, 0.4) is 0 Å². The predicted octanol–water partition coefficient (Wildman–Crippen LogP) is 7.81. The number of hydroxylamine groups is 2. The molecule has 0 aliphatic carbocycles. The lowest BCUT2D eigenvalue weighted by Gasteiger charge is -2.33. The van der Waals surface area contributed by atoms with Crippen molar-refractivity contribution in [2.45, 2.75) is 45.1 Å². The number of methoxy groups -OCH3 is 1. The van der Waals surface area contributed by atoms with Gasteiger partial charge in [0.05, 0.1) is 29.2 Å². The number of benzene rings is 2. The number of nitrogens with zero attached hydrogens (tertiary/aromatic N) is 5. The molecule has 3 heterocycles. The van der Waals surface area contributed by atoms with Gasteiger partial charge in [0.25, 0.3) is 0 Å². The van der Waals surface area contributed by atoms with Crippen LogP contribution < -0.4 is 25.4 Å². The minimum Gasteiger partial charge on any atom is -0.497 e. The molecule has 0 radical (unpaired) electrons. The summed E-state index contributed by atoms with van der Waals surface area (Å²) in [7, 11) is 5.69. The quantitative estimate of drug-likeness (QED) is 0.159. The molecule has 49 heavy (non-hydrogen) atoms. The number of urea groups is 1. The van der Waals surface area contributed by atoms with Crippen molar-refractivity contribution in [3.63, 3.8) is 0 Å². The topological polar surface area (TPSA) is 135 Å². The summed E-state index contributed by atoms with van der Waals surface area (Å²) < 4.78 is 12.9. The molecule has 3 amide bonds. The number of anilines is 3. The van der Waals surface area contributed by atoms with Crippen molar-refractivity contribution in [2.75, 3.05) is 50.2 Å². The maximum atomic E-state index is 13.2. The lowest BCUT2D eigenvalue weighted by Crippen LogP contribution is -2.43. The summed E-state index contributed by atoms with van der Waals surface area (Å²) in [5.41, 5.74) is 1.52. The van der Waals surface area contributed by atoms with E-state index >= 15 is 0 Å². The zero-order valence-electron chi connectivity index (χ0n) is 28.2. The molecule has 260 valence electrons. The van der Waals surface area contributed by atoms with E-state index in [0.717, 1.165) is 24.2 Å². The Morgan fingerprint density at radius 3 is 2.29 bits per heavy atom. The molecular weight excluding hydrogens is 671 g/mol. The van der Waals surface area contributed by atoms with E-state index < -0.39 is 12.1 Å². The fourth-order valence-corrected chi connectivity index (χ4v) is 5.51. The smallest absolute Gasteiger partial charge is 0.431 e. The highest BCUT2D eigenvalue weighted by molar-refractivity contribution is 6.45. The van der Waals surface area contributed by atoms with E-state index in [-0.39, 0.29) is 32.7 Å². The summed E-state index contributed by atoms with van der Waals surface area (Å²) in [6, 6.07) is 15.3. The number of halogens is 2. The van der Waals surface area contributed by atoms with E-state index in [9.17, 15) is 9.59 Å². The molecule has 5 rings (SSSR count). The SMILES string of the molecule is COc1ccc(-n2nc(C(C)(C)C)cc2NC(=O)Nc2ccc(Oc3ccnc(NC(=O)ON4CCC(N(C)C)CC4)c3)c(Cl)c2Cl)cc1. The zero-order chi connectivity index (χ0) is 35.3. The largest absolute Gasteiger partial charge is 0.497 e. The lowest BCUT2D eigenvalue weighted by atomic mass is 9.92. The molecule has 2 aromatic heterocycles. The van der Waals surface area contributed by atoms with Gasteiger partial charge in [0.15, 0.2) is 0 Å². The molecule has 1 saturated heterocycles. The molecule has 0 bridgehead atoms. The number of amides is 3. The summed E-state index contributed by atoms with van der Waals surface area (Å²) in [5, 5.41) is 14.8. The second-order valence-electron chi connectivity index (χ2n) is 12.7. The van der Waals surface area contributed by atoms with Crippen molar-refractivity contribution in [2.24, 2.45) is 0 Å². The number of rotatable bonds is 9. The Hall–Kier alpha value is -4.56. The van der Waals surface area contributed by atoms with Crippen LogP contribution in [0.25, 0.3) is 5.69 Å². The van der Waals surface area contributed by atoms with Gasteiger partial charge in [-0.25, -0.2) is 19.3 Å². The Labute approximate surface area is 295 Å². The van der Waals surface area contributed by atoms with Crippen LogP contribution in [-0.2, 0) is 10.3 Å². The van der Waals surface area contributed by atoms with Crippen molar-refractivity contribution >= 4 is 52.6 Å². The van der Waals surface area contributed by atoms with Gasteiger partial charge < -0.3 is 24.5 Å². The van der Waals surface area contributed by atoms with Crippen LogP contribution in [0, 0.1) is 0 Å². The Morgan fingerprint density at radius 2 is 1.63 bits per heavy atom. The van der Waals surface area contributed by atoms with Crippen LogP contribution in [0.2, 0.25) is 10.0 Å². The fourth-order valence-electron chi connectivity index (χ4n) is 5.10. The molecular formula is C34H40Cl2N8O5. The third kappa shape index (κ3) is 9.12. The van der Waals surface area contributed by atoms with E-state index in [1.54, 1.807) is 35.1 Å². The van der Waals surface area contributed by atoms with E-state index in [1.807, 2.05) is 65.2 Å². The summed E-state index contributed by atoms with van der Waals surface area (Å²) in [4.78, 5) is 37.5. The average molecular weight is 712 g/mol. The third-order valence-corrected chi connectivity index (χ3v) is 8.75. The first-order chi connectivity index (χ1) is 23.3. The molecule has 4 aromatic rings. The molecule has 2 aromatic carbocycles. The molecule has 0 atom stereocenters. The Kier molecular flexibility index (Phi) is 11.2. The molecule has 0 unspecified atom stereocenters. The first-order valence-electron chi connectivity index (χ1n) is 15.7. The molecule has 1 aliphatic heterocycles. The van der Waals surface area contributed by atoms with E-state index in [4.69, 9.17) is 42.6 Å². The van der Waals surface area contributed by atoms with Gasteiger partial charge in [-0.15, -0.1) is 5.06 Å². The normalized spacial score (nSPS) is 14.0. The summed E-state index contributed by atoms with van der Waals surface area (Å²) in [6.45, 7) is 7.40. The van der Waals surface area contributed by atoms with Crippen LogP contribution in [0.5, 0.6) is 17.2 Å². The minimum atomic E-state index is -0.649. The molecule has 1 fully saturated rings. The number of carbonyl (C=O) groups excluding carboxylic acids is 2. The van der Waals surface area contributed by atoms with Gasteiger partial charge in [-0.3, -0.25) is 10.6 Å². The zero-order valence-corrected chi connectivity index (χ0v) is 29.7. The predicted molar refractivity (Wildman–Crippen MR) is 191 cm³/mol. The highest BCUT2D eigenvalue weighted by atomic mass is 35.5. The first-order valence-corrected chi connectivity index (χ1v) is 16.4. The second-order valence-corrected chi connectivity index (χ2v) is 13.5. The maximum absolute atomic E-state index is 13.2. The van der Waals surface area contributed by atoms with E-state index in [0.29, 0.717) is 36.4 Å². The summed E-state index contributed by atoms with van der Waals surface area (Å²) >= 11 is 13.1. The number of aromatic nitrogens is 3. The van der Waals surface area contributed by atoms with Gasteiger partial charge in [-0.2, -0.15) is 5.10 Å². The van der Waals surface area contributed by atoms with Crippen molar-refractivity contribution in [3.8, 4) is 22.9 Å². The molecule has 3 N–H and O–H groups in total. The fraction of sp³-hybridized carbons (Fsp3) is 0.353. The van der Waals surface area contributed by atoms with Crippen LogP contribution in [-0.4, -0.2) is 77.2 Å². The number of nitrogens with one attached hydrogen (secondary N) is 3. The minimum absolute atomic E-state index is 0.0716. The summed E-state index contributed by atoms with van der Waals surface area (Å²) in [6.07, 6.45) is 2.63. The Morgan fingerprint density at radius 1 is 0.918 bits per heavy atom. The Bertz CT molecular complexity index is 1780. The van der Waals surface area contributed by atoms with Gasteiger partial charge in [0.2, 0.25) is 0 Å². The van der Waals surface area contributed by atoms with Gasteiger partial charge >= 0.3 is 12.1 Å². The van der Waals surface area contributed by atoms with Gasteiger partial charge in [0.1, 0.15) is 33.9 Å². The average Bonchev–Trinajstić information content (AvgIpc) is 3.49. The van der Waals surface area contributed by atoms with Gasteiger partial charge in [0, 0.05) is 42.9 Å². The number of carbonyl (C=O) groups is 2. The van der Waals surface area contributed by atoms with Crippen LogP contribution in [0.15, 0.2) is 60.8 Å². The second kappa shape index (κ2) is 15.3. The van der Waals surface area contributed by atoms with Crippen molar-refractivity contribution < 1.29 is 23.9 Å². The standard InChI is InChI=1S/C34H40Cl2N8O5/c1-34(2,3)27-20-29(44(41-27)22-7-9-23(47-6)10-8-22)40-32(45)38-25-11-12-26(31(36)30(25)35)48-24-13-16-37-28(19-24)39-33(46)49-43-17-14-21(15-18-43)42(4)5/h7-13,16,19-21H,14-15,17-18H2,1-6H3,(H,37,39,46)(H2,38,40,45). The van der Waals surface area contributed by atoms with Gasteiger partial charge in [-0.1, -0.05) is 44.0 Å². The summed E-state index contributed by atoms with van der Waals surface area (Å²) in [5.74, 6) is 1.95. The monoisotopic (exact) mass is 710 g/mol. The molecule has 1 aliphatic rings. The number of hydrogen-bond donors (Lipinski definition) is 3. The van der Waals surface area contributed by atoms with Crippen molar-refractivity contribution in [1.29, 1.82) is 0 Å². The Balaban J connectivity index is 1.22. The van der Waals surface area contributed by atoms with E-state index in [1.165, 1.54) is 12.3 Å². The molecule has 0 spiro atoms. The number of pyridine rings is 1. The van der Waals surface area contributed by atoms with Crippen molar-refractivity contribution in [3.05, 3.63) is 76.5 Å². The number of piperidine rings is 1. The first kappa shape index (κ1) is 35.7. The highest BCUT2D eigenvalue weighted by Gasteiger charge is 2.24. The third-order valence-electron chi connectivity index (χ3n) is 7.89.